The number of amides is 1. The second-order valence-electron chi connectivity index (χ2n) is 7.67. The molecule has 194 valence electrons. The highest BCUT2D eigenvalue weighted by atomic mass is 35.5. The minimum atomic E-state index is -1.16. The van der Waals surface area contributed by atoms with E-state index in [1.165, 1.54) is 36.4 Å². The number of carbonyl (C=O) groups excluding carboxylic acids is 2. The molecule has 0 aliphatic carbocycles. The van der Waals surface area contributed by atoms with E-state index in [-0.39, 0.29) is 52.6 Å². The van der Waals surface area contributed by atoms with E-state index in [2.05, 4.69) is 10.3 Å². The van der Waals surface area contributed by atoms with E-state index >= 15 is 0 Å². The number of ether oxygens (including phenoxy) is 1. The summed E-state index contributed by atoms with van der Waals surface area (Å²) >= 11 is 12.5. The largest absolute Gasteiger partial charge is 0.480 e. The number of aliphatic carboxylic acids is 1. The zero-order chi connectivity index (χ0) is 26.2. The van der Waals surface area contributed by atoms with Gasteiger partial charge < -0.3 is 26.6 Å². The summed E-state index contributed by atoms with van der Waals surface area (Å²) in [6.07, 6.45) is -0.101. The van der Waals surface area contributed by atoms with Crippen LogP contribution >= 0.6 is 35.6 Å². The van der Waals surface area contributed by atoms with Gasteiger partial charge in [-0.15, -0.1) is 12.4 Å². The third-order valence-corrected chi connectivity index (χ3v) is 5.58. The number of halogens is 3. The Kier molecular flexibility index (Phi) is 10.7. The van der Waals surface area contributed by atoms with Crippen molar-refractivity contribution < 1.29 is 24.2 Å². The first-order chi connectivity index (χ1) is 17.1. The topological polar surface area (TPSA) is 157 Å². The summed E-state index contributed by atoms with van der Waals surface area (Å²) in [7, 11) is 0. The predicted octanol–water partition coefficient (Wildman–Crippen LogP) is 3.89. The van der Waals surface area contributed by atoms with Crippen LogP contribution in [0.2, 0.25) is 10.0 Å². The average molecular weight is 566 g/mol. The molecule has 0 fully saturated rings. The molecule has 0 aliphatic rings. The SMILES string of the molecule is Cl.NC(N)=Nc1ccc(C(=O)Oc2cc(Cl)c(CC(=O)N[C@@H](Cc3ccccc3)C(=O)O)cc2Cl)cc1. The summed E-state index contributed by atoms with van der Waals surface area (Å²) < 4.78 is 5.34. The summed E-state index contributed by atoms with van der Waals surface area (Å²) in [5.41, 5.74) is 12.4. The van der Waals surface area contributed by atoms with Crippen LogP contribution in [0, 0.1) is 0 Å². The fraction of sp³-hybridized carbons (Fsp3) is 0.120. The highest BCUT2D eigenvalue weighted by Crippen LogP contribution is 2.32. The number of carboxylic acid groups (broad SMARTS) is 1. The van der Waals surface area contributed by atoms with Crippen LogP contribution < -0.4 is 21.5 Å². The third kappa shape index (κ3) is 8.68. The molecule has 3 aromatic rings. The zero-order valence-corrected chi connectivity index (χ0v) is 21.5. The number of esters is 1. The number of guanidine groups is 1. The van der Waals surface area contributed by atoms with Crippen LogP contribution in [0.15, 0.2) is 71.7 Å². The molecule has 0 radical (unpaired) electrons. The lowest BCUT2D eigenvalue weighted by molar-refractivity contribution is -0.141. The van der Waals surface area contributed by atoms with Crippen LogP contribution in [0.1, 0.15) is 21.5 Å². The normalized spacial score (nSPS) is 11.0. The molecule has 0 spiro atoms. The quantitative estimate of drug-likeness (QED) is 0.133. The Morgan fingerprint density at radius 1 is 0.973 bits per heavy atom. The van der Waals surface area contributed by atoms with Gasteiger partial charge in [0.15, 0.2) is 11.7 Å². The van der Waals surface area contributed by atoms with Crippen LogP contribution in [0.4, 0.5) is 5.69 Å². The van der Waals surface area contributed by atoms with Crippen molar-refractivity contribution in [3.63, 3.8) is 0 Å². The first-order valence-corrected chi connectivity index (χ1v) is 11.3. The van der Waals surface area contributed by atoms with E-state index in [0.717, 1.165) is 5.56 Å². The Balaban J connectivity index is 0.00000481. The number of hydrogen-bond donors (Lipinski definition) is 4. The molecule has 1 amide bonds. The Morgan fingerprint density at radius 3 is 2.22 bits per heavy atom. The lowest BCUT2D eigenvalue weighted by atomic mass is 10.1. The monoisotopic (exact) mass is 564 g/mol. The van der Waals surface area contributed by atoms with Crippen LogP contribution in [-0.2, 0) is 22.4 Å². The van der Waals surface area contributed by atoms with Crippen molar-refractivity contribution >= 4 is 65.1 Å². The first kappa shape index (κ1) is 29.4. The second kappa shape index (κ2) is 13.5. The number of carbonyl (C=O) groups is 3. The number of nitrogens with zero attached hydrogens (tertiary/aromatic N) is 1. The summed E-state index contributed by atoms with van der Waals surface area (Å²) in [6, 6.07) is 16.6. The fourth-order valence-corrected chi connectivity index (χ4v) is 3.68. The second-order valence-corrected chi connectivity index (χ2v) is 8.49. The van der Waals surface area contributed by atoms with Crippen LogP contribution in [0.25, 0.3) is 0 Å². The van der Waals surface area contributed by atoms with Crippen molar-refractivity contribution in [2.75, 3.05) is 0 Å². The molecule has 0 saturated heterocycles. The Hall–Kier alpha value is -3.79. The van der Waals surface area contributed by atoms with Gasteiger partial charge >= 0.3 is 11.9 Å². The van der Waals surface area contributed by atoms with E-state index in [4.69, 9.17) is 39.4 Å². The molecule has 0 saturated carbocycles. The lowest BCUT2D eigenvalue weighted by Crippen LogP contribution is -2.43. The number of rotatable bonds is 9. The van der Waals surface area contributed by atoms with Gasteiger partial charge in [0.2, 0.25) is 5.91 Å². The van der Waals surface area contributed by atoms with Crippen molar-refractivity contribution in [1.29, 1.82) is 0 Å². The molecule has 12 heteroatoms. The average Bonchev–Trinajstić information content (AvgIpc) is 2.82. The molecule has 0 bridgehead atoms. The van der Waals surface area contributed by atoms with Gasteiger partial charge in [-0.3, -0.25) is 4.79 Å². The van der Waals surface area contributed by atoms with E-state index in [1.54, 1.807) is 24.3 Å². The summed E-state index contributed by atoms with van der Waals surface area (Å²) in [4.78, 5) is 40.5. The van der Waals surface area contributed by atoms with Crippen molar-refractivity contribution in [2.45, 2.75) is 18.9 Å². The number of nitrogens with one attached hydrogen (secondary N) is 1. The van der Waals surface area contributed by atoms with Gasteiger partial charge in [-0.25, -0.2) is 14.6 Å². The maximum atomic E-state index is 12.5. The van der Waals surface area contributed by atoms with Crippen LogP contribution in [0.5, 0.6) is 5.75 Å². The molecule has 37 heavy (non-hydrogen) atoms. The maximum absolute atomic E-state index is 12.5. The van der Waals surface area contributed by atoms with E-state index in [0.29, 0.717) is 11.3 Å². The Bertz CT molecular complexity index is 1300. The molecular weight excluding hydrogens is 543 g/mol. The Labute approximate surface area is 228 Å². The van der Waals surface area contributed by atoms with Gasteiger partial charge in [0, 0.05) is 17.5 Å². The molecule has 3 aromatic carbocycles. The predicted molar refractivity (Wildman–Crippen MR) is 144 cm³/mol. The van der Waals surface area contributed by atoms with Gasteiger partial charge in [0.1, 0.15) is 6.04 Å². The van der Waals surface area contributed by atoms with Gasteiger partial charge in [-0.2, -0.15) is 0 Å². The third-order valence-electron chi connectivity index (χ3n) is 4.93. The number of benzene rings is 3. The number of hydrogen-bond acceptors (Lipinski definition) is 5. The molecule has 3 rings (SSSR count). The highest BCUT2D eigenvalue weighted by Gasteiger charge is 2.22. The number of aliphatic imine (C=N–C) groups is 1. The fourth-order valence-electron chi connectivity index (χ4n) is 3.23. The van der Waals surface area contributed by atoms with E-state index in [1.807, 2.05) is 6.07 Å². The molecule has 0 aromatic heterocycles. The molecule has 9 nitrogen and oxygen atoms in total. The highest BCUT2D eigenvalue weighted by molar-refractivity contribution is 6.35. The lowest BCUT2D eigenvalue weighted by Gasteiger charge is -2.15. The summed E-state index contributed by atoms with van der Waals surface area (Å²) in [5.74, 6) is -2.53. The molecule has 6 N–H and O–H groups in total. The van der Waals surface area contributed by atoms with Crippen LogP contribution in [0.3, 0.4) is 0 Å². The standard InChI is InChI=1S/C25H22Cl2N4O5.ClH/c26-18-13-21(36-24(35)15-6-8-17(9-7-15)30-25(28)29)19(27)11-16(18)12-22(32)31-20(23(33)34)10-14-4-2-1-3-5-14;/h1-9,11,13,20H,10,12H2,(H,31,32)(H,33,34)(H4,28,29,30);1H/t20-;/m0./s1. The zero-order valence-electron chi connectivity index (χ0n) is 19.2. The van der Waals surface area contributed by atoms with Crippen LogP contribution in [-0.4, -0.2) is 35.0 Å². The molecule has 0 heterocycles. The summed E-state index contributed by atoms with van der Waals surface area (Å²) in [5, 5.41) is 12.2. The van der Waals surface area contributed by atoms with Gasteiger partial charge in [-0.1, -0.05) is 53.5 Å². The van der Waals surface area contributed by atoms with Crippen molar-refractivity contribution in [3.8, 4) is 5.75 Å². The van der Waals surface area contributed by atoms with Crippen molar-refractivity contribution in [1.82, 2.24) is 5.32 Å². The van der Waals surface area contributed by atoms with E-state index < -0.39 is 23.9 Å². The van der Waals surface area contributed by atoms with Crippen molar-refractivity contribution in [3.05, 3.63) is 93.5 Å². The van der Waals surface area contributed by atoms with Gasteiger partial charge in [0.25, 0.3) is 0 Å². The number of carboxylic acids is 1. The first-order valence-electron chi connectivity index (χ1n) is 10.6. The Morgan fingerprint density at radius 2 is 1.62 bits per heavy atom. The maximum Gasteiger partial charge on any atom is 0.343 e. The van der Waals surface area contributed by atoms with E-state index in [9.17, 15) is 19.5 Å². The molecular formula is C25H23Cl3N4O5. The van der Waals surface area contributed by atoms with Gasteiger partial charge in [-0.05, 0) is 41.5 Å². The smallest absolute Gasteiger partial charge is 0.343 e. The molecule has 0 aliphatic heterocycles. The minimum Gasteiger partial charge on any atom is -0.480 e. The summed E-state index contributed by atoms with van der Waals surface area (Å²) in [6.45, 7) is 0. The minimum absolute atomic E-state index is 0. The van der Waals surface area contributed by atoms with Crippen molar-refractivity contribution in [2.24, 2.45) is 16.5 Å². The number of nitrogens with two attached hydrogens (primary N) is 2. The molecule has 0 unspecified atom stereocenters. The van der Waals surface area contributed by atoms with Gasteiger partial charge in [0.05, 0.1) is 22.7 Å². The molecule has 1 atom stereocenters.